The van der Waals surface area contributed by atoms with E-state index in [-0.39, 0.29) is 36.5 Å². The molecule has 190 valence electrons. The summed E-state index contributed by atoms with van der Waals surface area (Å²) in [6.45, 7) is 5.83. The van der Waals surface area contributed by atoms with Gasteiger partial charge in [0.05, 0.1) is 41.8 Å². The van der Waals surface area contributed by atoms with Crippen LogP contribution in [-0.4, -0.2) is 62.1 Å². The van der Waals surface area contributed by atoms with E-state index in [9.17, 15) is 22.4 Å². The summed E-state index contributed by atoms with van der Waals surface area (Å²) in [5.74, 6) is -0.609. The van der Waals surface area contributed by atoms with E-state index in [2.05, 4.69) is 25.3 Å². The first-order valence-corrected chi connectivity index (χ1v) is 11.2. The number of morpholine rings is 1. The number of amides is 1. The van der Waals surface area contributed by atoms with Crippen LogP contribution in [0.15, 0.2) is 42.9 Å². The van der Waals surface area contributed by atoms with Crippen molar-refractivity contribution >= 4 is 11.7 Å². The lowest BCUT2D eigenvalue weighted by molar-refractivity contribution is -0.137. The van der Waals surface area contributed by atoms with Crippen molar-refractivity contribution in [3.8, 4) is 11.4 Å². The number of hydrogen-bond acceptors (Lipinski definition) is 7. The van der Waals surface area contributed by atoms with Crippen LogP contribution in [0, 0.1) is 12.7 Å². The van der Waals surface area contributed by atoms with E-state index in [1.54, 1.807) is 24.0 Å². The topological polar surface area (TPSA) is 93.1 Å². The molecule has 8 nitrogen and oxygen atoms in total. The Morgan fingerprint density at radius 2 is 1.83 bits per heavy atom. The highest BCUT2D eigenvalue weighted by atomic mass is 19.4. The number of nitrogens with zero attached hydrogens (tertiary/aromatic N) is 5. The van der Waals surface area contributed by atoms with Gasteiger partial charge in [-0.05, 0) is 45.0 Å². The van der Waals surface area contributed by atoms with Gasteiger partial charge in [0.1, 0.15) is 11.5 Å². The van der Waals surface area contributed by atoms with E-state index >= 15 is 0 Å². The Hall–Kier alpha value is -3.67. The van der Waals surface area contributed by atoms with Crippen molar-refractivity contribution in [2.75, 3.05) is 18.4 Å². The fourth-order valence-corrected chi connectivity index (χ4v) is 4.04. The van der Waals surface area contributed by atoms with Crippen LogP contribution in [0.25, 0.3) is 11.4 Å². The first-order valence-electron chi connectivity index (χ1n) is 11.2. The summed E-state index contributed by atoms with van der Waals surface area (Å²) >= 11 is 0. The molecule has 1 aliphatic rings. The Labute approximate surface area is 204 Å². The molecule has 1 fully saturated rings. The number of rotatable bonds is 5. The summed E-state index contributed by atoms with van der Waals surface area (Å²) in [5.41, 5.74) is 0.213. The molecule has 3 aromatic heterocycles. The number of anilines is 1. The third-order valence-electron chi connectivity index (χ3n) is 5.79. The standard InChI is InChI=1S/C24H24F4N6O2/c1-13-4-6-18(22-31-9-17(25)10-32-22)21(33-13)23(35)34-12-14(2)36-15(3)19(34)11-30-20-7-5-16(8-29-20)24(26,27)28/h4-10,14-15,19H,11-12H2,1-3H3,(H,29,30)/t14-,15+,19-/m1/s1. The molecule has 4 rings (SSSR count). The molecular formula is C24H24F4N6O2. The first-order chi connectivity index (χ1) is 17.0. The number of halogens is 4. The average Bonchev–Trinajstić information content (AvgIpc) is 2.83. The molecule has 4 heterocycles. The highest BCUT2D eigenvalue weighted by Crippen LogP contribution is 2.29. The largest absolute Gasteiger partial charge is 0.417 e. The first kappa shape index (κ1) is 25.4. The number of ether oxygens (including phenoxy) is 1. The normalized spacial score (nSPS) is 20.3. The van der Waals surface area contributed by atoms with Crippen molar-refractivity contribution in [3.05, 3.63) is 65.6 Å². The molecule has 1 saturated heterocycles. The van der Waals surface area contributed by atoms with Crippen LogP contribution in [-0.2, 0) is 10.9 Å². The van der Waals surface area contributed by atoms with E-state index in [0.29, 0.717) is 11.3 Å². The highest BCUT2D eigenvalue weighted by Gasteiger charge is 2.38. The summed E-state index contributed by atoms with van der Waals surface area (Å²) in [5, 5.41) is 3.00. The van der Waals surface area contributed by atoms with Gasteiger partial charge in [0.15, 0.2) is 11.6 Å². The van der Waals surface area contributed by atoms with Gasteiger partial charge in [-0.1, -0.05) is 0 Å². The SMILES string of the molecule is Cc1ccc(-c2ncc(F)cn2)c(C(=O)N2C[C@@H](C)O[C@@H](C)[C@H]2CNc2ccc(C(F)(F)F)cn2)n1. The Kier molecular flexibility index (Phi) is 7.16. The van der Waals surface area contributed by atoms with Crippen molar-refractivity contribution < 1.29 is 27.1 Å². The summed E-state index contributed by atoms with van der Waals surface area (Å²) in [6.07, 6.45) is -2.36. The number of pyridine rings is 2. The number of aromatic nitrogens is 4. The maximum atomic E-state index is 13.8. The Morgan fingerprint density at radius 1 is 1.11 bits per heavy atom. The molecule has 0 spiro atoms. The lowest BCUT2D eigenvalue weighted by Crippen LogP contribution is -2.58. The van der Waals surface area contributed by atoms with Crippen molar-refractivity contribution in [3.63, 3.8) is 0 Å². The van der Waals surface area contributed by atoms with Crippen LogP contribution < -0.4 is 5.32 Å². The van der Waals surface area contributed by atoms with Gasteiger partial charge >= 0.3 is 6.18 Å². The van der Waals surface area contributed by atoms with Crippen molar-refractivity contribution in [1.82, 2.24) is 24.8 Å². The quantitative estimate of drug-likeness (QED) is 0.523. The fraction of sp³-hybridized carbons (Fsp3) is 0.375. The average molecular weight is 504 g/mol. The van der Waals surface area contributed by atoms with Gasteiger partial charge in [-0.2, -0.15) is 13.2 Å². The second-order valence-electron chi connectivity index (χ2n) is 8.56. The monoisotopic (exact) mass is 504 g/mol. The van der Waals surface area contributed by atoms with Gasteiger partial charge in [-0.3, -0.25) is 4.79 Å². The summed E-state index contributed by atoms with van der Waals surface area (Å²) in [4.78, 5) is 31.7. The number of nitrogens with one attached hydrogen (secondary N) is 1. The molecule has 3 aromatic rings. The summed E-state index contributed by atoms with van der Waals surface area (Å²) < 4.78 is 57.8. The summed E-state index contributed by atoms with van der Waals surface area (Å²) in [7, 11) is 0. The molecule has 0 saturated carbocycles. The maximum absolute atomic E-state index is 13.8. The van der Waals surface area contributed by atoms with Gasteiger partial charge in [0.25, 0.3) is 5.91 Å². The minimum Gasteiger partial charge on any atom is -0.372 e. The zero-order valence-electron chi connectivity index (χ0n) is 19.8. The molecule has 36 heavy (non-hydrogen) atoms. The Balaban J connectivity index is 1.60. The molecule has 12 heteroatoms. The van der Waals surface area contributed by atoms with Crippen molar-refractivity contribution in [2.45, 2.75) is 45.2 Å². The van der Waals surface area contributed by atoms with E-state index in [1.165, 1.54) is 6.07 Å². The fourth-order valence-electron chi connectivity index (χ4n) is 4.04. The smallest absolute Gasteiger partial charge is 0.372 e. The second-order valence-corrected chi connectivity index (χ2v) is 8.56. The predicted octanol–water partition coefficient (Wildman–Crippen LogP) is 4.13. The van der Waals surface area contributed by atoms with E-state index < -0.39 is 35.6 Å². The van der Waals surface area contributed by atoms with E-state index in [1.807, 2.05) is 13.8 Å². The molecule has 0 radical (unpaired) electrons. The lowest BCUT2D eigenvalue weighted by Gasteiger charge is -2.43. The number of alkyl halides is 3. The van der Waals surface area contributed by atoms with Crippen molar-refractivity contribution in [2.24, 2.45) is 0 Å². The lowest BCUT2D eigenvalue weighted by atomic mass is 10.0. The molecule has 1 amide bonds. The predicted molar refractivity (Wildman–Crippen MR) is 123 cm³/mol. The van der Waals surface area contributed by atoms with Crippen LogP contribution in [0.5, 0.6) is 0 Å². The van der Waals surface area contributed by atoms with E-state index in [0.717, 1.165) is 24.7 Å². The van der Waals surface area contributed by atoms with Gasteiger partial charge in [-0.15, -0.1) is 0 Å². The Morgan fingerprint density at radius 3 is 2.47 bits per heavy atom. The molecule has 1 aliphatic heterocycles. The van der Waals surface area contributed by atoms with Gasteiger partial charge < -0.3 is 15.0 Å². The molecular weight excluding hydrogens is 480 g/mol. The molecule has 0 unspecified atom stereocenters. The Bertz CT molecular complexity index is 1220. The molecule has 0 bridgehead atoms. The summed E-state index contributed by atoms with van der Waals surface area (Å²) in [6, 6.07) is 5.06. The van der Waals surface area contributed by atoms with Gasteiger partial charge in [0, 0.05) is 25.0 Å². The number of hydrogen-bond donors (Lipinski definition) is 1. The zero-order valence-corrected chi connectivity index (χ0v) is 19.8. The molecule has 0 aliphatic carbocycles. The number of carbonyl (C=O) groups excluding carboxylic acids is 1. The number of aryl methyl sites for hydroxylation is 1. The highest BCUT2D eigenvalue weighted by molar-refractivity contribution is 5.98. The molecule has 0 aromatic carbocycles. The van der Waals surface area contributed by atoms with Crippen LogP contribution in [0.1, 0.15) is 35.6 Å². The minimum absolute atomic E-state index is 0.112. The second kappa shape index (κ2) is 10.1. The molecule has 1 N–H and O–H groups in total. The third-order valence-corrected chi connectivity index (χ3v) is 5.79. The van der Waals surface area contributed by atoms with Crippen LogP contribution >= 0.6 is 0 Å². The van der Waals surface area contributed by atoms with Gasteiger partial charge in [0.2, 0.25) is 0 Å². The van der Waals surface area contributed by atoms with Crippen LogP contribution in [0.2, 0.25) is 0 Å². The third kappa shape index (κ3) is 5.59. The maximum Gasteiger partial charge on any atom is 0.417 e. The van der Waals surface area contributed by atoms with Crippen LogP contribution in [0.3, 0.4) is 0 Å². The minimum atomic E-state index is -4.48. The number of carbonyl (C=O) groups is 1. The van der Waals surface area contributed by atoms with E-state index in [4.69, 9.17) is 4.74 Å². The molecule has 3 atom stereocenters. The van der Waals surface area contributed by atoms with Crippen LogP contribution in [0.4, 0.5) is 23.4 Å². The van der Waals surface area contributed by atoms with Gasteiger partial charge in [-0.25, -0.2) is 24.3 Å². The zero-order chi connectivity index (χ0) is 26.0. The van der Waals surface area contributed by atoms with Crippen molar-refractivity contribution in [1.29, 1.82) is 0 Å².